The molecule has 0 saturated carbocycles. The van der Waals surface area contributed by atoms with Crippen molar-refractivity contribution >= 4 is 23.7 Å². The van der Waals surface area contributed by atoms with Gasteiger partial charge in [-0.25, -0.2) is 4.79 Å². The Morgan fingerprint density at radius 3 is 2.53 bits per heavy atom. The second kappa shape index (κ2) is 9.31. The Hall–Kier alpha value is -3.53. The average Bonchev–Trinajstić information content (AvgIpc) is 3.08. The Labute approximate surface area is 171 Å². The fraction of sp³-hybridized carbons (Fsp3) is 0.350. The molecular formula is C20H21N3O7. The number of aromatic nitrogens is 2. The molecule has 1 saturated heterocycles. The highest BCUT2D eigenvalue weighted by Gasteiger charge is 2.39. The van der Waals surface area contributed by atoms with E-state index in [9.17, 15) is 19.2 Å². The first kappa shape index (κ1) is 21.2. The Morgan fingerprint density at radius 2 is 1.90 bits per heavy atom. The molecule has 1 aromatic heterocycles. The molecule has 1 aliphatic heterocycles. The highest BCUT2D eigenvalue weighted by molar-refractivity contribution is 6.03. The van der Waals surface area contributed by atoms with Crippen molar-refractivity contribution in [3.8, 4) is 0 Å². The number of hydrogen-bond acceptors (Lipinski definition) is 8. The molecule has 2 aromatic rings. The first-order valence-corrected chi connectivity index (χ1v) is 9.25. The predicted molar refractivity (Wildman–Crippen MR) is 104 cm³/mol. The van der Waals surface area contributed by atoms with Crippen LogP contribution in [-0.2, 0) is 23.8 Å². The number of esters is 2. The Bertz CT molecular complexity index is 989. The van der Waals surface area contributed by atoms with Crippen molar-refractivity contribution in [2.45, 2.75) is 38.7 Å². The number of carbonyl (C=O) groups is 3. The van der Waals surface area contributed by atoms with Gasteiger partial charge in [0.05, 0.1) is 0 Å². The molecule has 10 heteroatoms. The Balaban J connectivity index is 1.72. The quantitative estimate of drug-likeness (QED) is 0.699. The first-order chi connectivity index (χ1) is 14.3. The van der Waals surface area contributed by atoms with Gasteiger partial charge in [0.25, 0.3) is 5.91 Å². The maximum absolute atomic E-state index is 12.5. The SMILES string of the molecule is CC(=O)OC[C@H]1O[C@@H](n2ccc(NC(=O)c3ccccc3)nc2=O)C[C@@H]1OC(C)=O. The maximum Gasteiger partial charge on any atom is 0.351 e. The van der Waals surface area contributed by atoms with Gasteiger partial charge in [0.15, 0.2) is 0 Å². The zero-order chi connectivity index (χ0) is 21.7. The summed E-state index contributed by atoms with van der Waals surface area (Å²) in [5, 5.41) is 2.56. The predicted octanol–water partition coefficient (Wildman–Crippen LogP) is 1.28. The largest absolute Gasteiger partial charge is 0.463 e. The topological polar surface area (TPSA) is 126 Å². The third kappa shape index (κ3) is 5.29. The molecule has 158 valence electrons. The van der Waals surface area contributed by atoms with E-state index in [1.54, 1.807) is 30.3 Å². The van der Waals surface area contributed by atoms with Crippen LogP contribution in [0.5, 0.6) is 0 Å². The number of anilines is 1. The molecule has 0 aliphatic carbocycles. The molecule has 2 heterocycles. The van der Waals surface area contributed by atoms with Crippen LogP contribution in [0.4, 0.5) is 5.82 Å². The molecule has 0 unspecified atom stereocenters. The second-order valence-electron chi connectivity index (χ2n) is 6.64. The van der Waals surface area contributed by atoms with E-state index in [0.717, 1.165) is 0 Å². The van der Waals surface area contributed by atoms with Crippen LogP contribution in [0.15, 0.2) is 47.4 Å². The minimum atomic E-state index is -0.770. The van der Waals surface area contributed by atoms with E-state index in [0.29, 0.717) is 5.56 Å². The van der Waals surface area contributed by atoms with E-state index in [1.807, 2.05) is 0 Å². The van der Waals surface area contributed by atoms with Crippen LogP contribution in [0.25, 0.3) is 0 Å². The number of nitrogens with zero attached hydrogens (tertiary/aromatic N) is 2. The van der Waals surface area contributed by atoms with Crippen LogP contribution in [-0.4, -0.2) is 46.2 Å². The lowest BCUT2D eigenvalue weighted by molar-refractivity contribution is -0.155. The second-order valence-corrected chi connectivity index (χ2v) is 6.64. The number of rotatable bonds is 6. The van der Waals surface area contributed by atoms with E-state index in [2.05, 4.69) is 10.3 Å². The van der Waals surface area contributed by atoms with Gasteiger partial charge >= 0.3 is 17.6 Å². The number of benzene rings is 1. The number of amides is 1. The van der Waals surface area contributed by atoms with Gasteiger partial charge in [-0.3, -0.25) is 19.0 Å². The standard InChI is InChI=1S/C20H21N3O7/c1-12(24)28-11-16-15(29-13(2)25)10-18(30-16)23-9-8-17(22-20(23)27)21-19(26)14-6-4-3-5-7-14/h3-9,15-16,18H,10-11H2,1-2H3,(H,21,22,26,27)/t15-,16+,18+/m0/s1. The highest BCUT2D eigenvalue weighted by atomic mass is 16.6. The Morgan fingerprint density at radius 1 is 1.17 bits per heavy atom. The van der Waals surface area contributed by atoms with E-state index in [1.165, 1.54) is 30.7 Å². The van der Waals surface area contributed by atoms with Crippen molar-refractivity contribution in [2.75, 3.05) is 11.9 Å². The van der Waals surface area contributed by atoms with Crippen LogP contribution in [0.1, 0.15) is 36.9 Å². The smallest absolute Gasteiger partial charge is 0.351 e. The molecular weight excluding hydrogens is 394 g/mol. The van der Waals surface area contributed by atoms with E-state index >= 15 is 0 Å². The fourth-order valence-corrected chi connectivity index (χ4v) is 3.04. The minimum Gasteiger partial charge on any atom is -0.463 e. The van der Waals surface area contributed by atoms with Crippen molar-refractivity contribution in [3.05, 3.63) is 58.6 Å². The lowest BCUT2D eigenvalue weighted by Crippen LogP contribution is -2.31. The third-order valence-corrected chi connectivity index (χ3v) is 4.37. The molecule has 0 bridgehead atoms. The number of hydrogen-bond donors (Lipinski definition) is 1. The zero-order valence-electron chi connectivity index (χ0n) is 16.4. The zero-order valence-corrected chi connectivity index (χ0v) is 16.4. The van der Waals surface area contributed by atoms with Crippen molar-refractivity contribution in [2.24, 2.45) is 0 Å². The lowest BCUT2D eigenvalue weighted by atomic mass is 10.2. The van der Waals surface area contributed by atoms with Crippen molar-refractivity contribution in [1.29, 1.82) is 0 Å². The molecule has 1 amide bonds. The summed E-state index contributed by atoms with van der Waals surface area (Å²) >= 11 is 0. The van der Waals surface area contributed by atoms with Gasteiger partial charge in [-0.05, 0) is 18.2 Å². The molecule has 0 spiro atoms. The summed E-state index contributed by atoms with van der Waals surface area (Å²) in [7, 11) is 0. The lowest BCUT2D eigenvalue weighted by Gasteiger charge is -2.17. The van der Waals surface area contributed by atoms with Crippen molar-refractivity contribution in [1.82, 2.24) is 9.55 Å². The molecule has 1 aromatic carbocycles. The van der Waals surface area contributed by atoms with Gasteiger partial charge in [0, 0.05) is 32.0 Å². The Kier molecular flexibility index (Phi) is 6.58. The summed E-state index contributed by atoms with van der Waals surface area (Å²) in [4.78, 5) is 51.0. The summed E-state index contributed by atoms with van der Waals surface area (Å²) in [6.45, 7) is 2.40. The van der Waals surface area contributed by atoms with E-state index in [4.69, 9.17) is 14.2 Å². The molecule has 3 atom stereocenters. The molecule has 3 rings (SSSR count). The van der Waals surface area contributed by atoms with Crippen LogP contribution < -0.4 is 11.0 Å². The summed E-state index contributed by atoms with van der Waals surface area (Å²) < 4.78 is 17.2. The molecule has 1 N–H and O–H groups in total. The molecule has 30 heavy (non-hydrogen) atoms. The van der Waals surface area contributed by atoms with Gasteiger partial charge in [0.1, 0.15) is 30.9 Å². The molecule has 0 radical (unpaired) electrons. The number of nitrogens with one attached hydrogen (secondary N) is 1. The van der Waals surface area contributed by atoms with Gasteiger partial charge in [-0.1, -0.05) is 18.2 Å². The van der Waals surface area contributed by atoms with Crippen LogP contribution >= 0.6 is 0 Å². The van der Waals surface area contributed by atoms with E-state index in [-0.39, 0.29) is 18.8 Å². The van der Waals surface area contributed by atoms with Crippen LogP contribution in [0.3, 0.4) is 0 Å². The van der Waals surface area contributed by atoms with Crippen molar-refractivity contribution in [3.63, 3.8) is 0 Å². The highest BCUT2D eigenvalue weighted by Crippen LogP contribution is 2.30. The number of ether oxygens (including phenoxy) is 3. The first-order valence-electron chi connectivity index (χ1n) is 9.25. The average molecular weight is 415 g/mol. The minimum absolute atomic E-state index is 0.0936. The maximum atomic E-state index is 12.5. The summed E-state index contributed by atoms with van der Waals surface area (Å²) in [5.41, 5.74) is -0.222. The van der Waals surface area contributed by atoms with Gasteiger partial charge < -0.3 is 19.5 Å². The number of carbonyl (C=O) groups excluding carboxylic acids is 3. The summed E-state index contributed by atoms with van der Waals surface area (Å²) in [6, 6.07) is 9.98. The van der Waals surface area contributed by atoms with Gasteiger partial charge in [0.2, 0.25) is 0 Å². The van der Waals surface area contributed by atoms with Crippen molar-refractivity contribution < 1.29 is 28.6 Å². The molecule has 1 aliphatic rings. The van der Waals surface area contributed by atoms with Crippen LogP contribution in [0, 0.1) is 0 Å². The summed E-state index contributed by atoms with van der Waals surface area (Å²) in [5.74, 6) is -1.31. The molecule has 1 fully saturated rings. The molecule has 10 nitrogen and oxygen atoms in total. The summed E-state index contributed by atoms with van der Waals surface area (Å²) in [6.07, 6.45) is -0.556. The van der Waals surface area contributed by atoms with E-state index < -0.39 is 42.0 Å². The van der Waals surface area contributed by atoms with Gasteiger partial charge in [-0.15, -0.1) is 0 Å². The van der Waals surface area contributed by atoms with Gasteiger partial charge in [-0.2, -0.15) is 4.98 Å². The fourth-order valence-electron chi connectivity index (χ4n) is 3.04. The normalized spacial score (nSPS) is 20.4. The van der Waals surface area contributed by atoms with Crippen LogP contribution in [0.2, 0.25) is 0 Å². The third-order valence-electron chi connectivity index (χ3n) is 4.37. The monoisotopic (exact) mass is 415 g/mol.